The number of pyridine rings is 1. The van der Waals surface area contributed by atoms with E-state index >= 15 is 0 Å². The van der Waals surface area contributed by atoms with Gasteiger partial charge in [-0.1, -0.05) is 6.07 Å². The molecular weight excluding hydrogens is 244 g/mol. The molecule has 0 spiro atoms. The number of rotatable bonds is 5. The van der Waals surface area contributed by atoms with Crippen molar-refractivity contribution >= 4 is 0 Å². The van der Waals surface area contributed by atoms with E-state index in [-0.39, 0.29) is 12.6 Å². The van der Waals surface area contributed by atoms with Crippen LogP contribution < -0.4 is 15.6 Å². The molecule has 19 heavy (non-hydrogen) atoms. The van der Waals surface area contributed by atoms with E-state index in [0.29, 0.717) is 24.4 Å². The Morgan fingerprint density at radius 3 is 3.11 bits per heavy atom. The maximum Gasteiger partial charge on any atom is 0.213 e. The van der Waals surface area contributed by atoms with Gasteiger partial charge >= 0.3 is 0 Å². The summed E-state index contributed by atoms with van der Waals surface area (Å²) in [4.78, 5) is 6.44. The molecule has 0 radical (unpaired) electrons. The van der Waals surface area contributed by atoms with Crippen LogP contribution in [-0.4, -0.2) is 59.9 Å². The van der Waals surface area contributed by atoms with Gasteiger partial charge in [0.2, 0.25) is 5.88 Å². The summed E-state index contributed by atoms with van der Waals surface area (Å²) >= 11 is 0. The Balaban J connectivity index is 1.52. The van der Waals surface area contributed by atoms with Crippen LogP contribution in [0.4, 0.5) is 0 Å². The van der Waals surface area contributed by atoms with Gasteiger partial charge in [0, 0.05) is 43.9 Å². The van der Waals surface area contributed by atoms with Gasteiger partial charge in [-0.15, -0.1) is 0 Å². The molecule has 0 amide bonds. The lowest BCUT2D eigenvalue weighted by molar-refractivity contribution is 0.195. The molecule has 2 saturated heterocycles. The highest BCUT2D eigenvalue weighted by molar-refractivity contribution is 5.09. The molecule has 3 rings (SSSR count). The van der Waals surface area contributed by atoms with E-state index in [9.17, 15) is 0 Å². The van der Waals surface area contributed by atoms with Gasteiger partial charge in [0.1, 0.15) is 6.61 Å². The third kappa shape index (κ3) is 2.87. The van der Waals surface area contributed by atoms with Crippen molar-refractivity contribution in [2.45, 2.75) is 12.1 Å². The highest BCUT2D eigenvalue weighted by Crippen LogP contribution is 2.24. The monoisotopic (exact) mass is 264 g/mol. The average molecular weight is 264 g/mol. The molecule has 3 N–H and O–H groups in total. The number of hydrazine groups is 1. The minimum atomic E-state index is 0.224. The molecule has 104 valence electrons. The summed E-state index contributed by atoms with van der Waals surface area (Å²) in [6, 6.07) is 6.40. The molecule has 3 atom stereocenters. The van der Waals surface area contributed by atoms with Gasteiger partial charge in [-0.3, -0.25) is 15.8 Å². The number of hydrogen-bond donors (Lipinski definition) is 3. The third-order valence-electron chi connectivity index (χ3n) is 3.88. The number of aromatic nitrogens is 1. The summed E-state index contributed by atoms with van der Waals surface area (Å²) in [6.07, 6.45) is 1.73. The molecule has 0 aromatic carbocycles. The van der Waals surface area contributed by atoms with Crippen molar-refractivity contribution < 1.29 is 9.84 Å². The van der Waals surface area contributed by atoms with Gasteiger partial charge in [-0.2, -0.15) is 0 Å². The van der Waals surface area contributed by atoms with Crippen LogP contribution in [0.3, 0.4) is 0 Å². The van der Waals surface area contributed by atoms with Gasteiger partial charge in [0.15, 0.2) is 0 Å². The quantitative estimate of drug-likeness (QED) is 0.649. The Morgan fingerprint density at radius 2 is 2.32 bits per heavy atom. The van der Waals surface area contributed by atoms with Gasteiger partial charge in [0.25, 0.3) is 0 Å². The minimum absolute atomic E-state index is 0.224. The van der Waals surface area contributed by atoms with Crippen LogP contribution in [0.1, 0.15) is 0 Å². The number of fused-ring (bicyclic) bond motifs is 1. The Hall–Kier alpha value is -1.21. The van der Waals surface area contributed by atoms with Crippen LogP contribution in [0, 0.1) is 5.92 Å². The zero-order valence-corrected chi connectivity index (χ0v) is 10.8. The first-order valence-corrected chi connectivity index (χ1v) is 6.75. The zero-order chi connectivity index (χ0) is 13.1. The van der Waals surface area contributed by atoms with Crippen molar-refractivity contribution in [1.29, 1.82) is 0 Å². The molecule has 3 unspecified atom stereocenters. The van der Waals surface area contributed by atoms with Crippen LogP contribution in [0.2, 0.25) is 0 Å². The van der Waals surface area contributed by atoms with E-state index in [1.807, 2.05) is 18.2 Å². The molecule has 0 aliphatic carbocycles. The summed E-state index contributed by atoms with van der Waals surface area (Å²) < 4.78 is 5.71. The molecule has 0 saturated carbocycles. The van der Waals surface area contributed by atoms with Crippen LogP contribution in [-0.2, 0) is 0 Å². The maximum atomic E-state index is 9.00. The van der Waals surface area contributed by atoms with Crippen LogP contribution in [0.25, 0.3) is 0 Å². The molecule has 0 bridgehead atoms. The topological polar surface area (TPSA) is 69.7 Å². The SMILES string of the molecule is OCCN1CC2NNC(COc3ccccn3)C2C1. The summed E-state index contributed by atoms with van der Waals surface area (Å²) in [5, 5.41) is 9.00. The summed E-state index contributed by atoms with van der Waals surface area (Å²) in [5.41, 5.74) is 6.62. The number of aliphatic hydroxyl groups is 1. The van der Waals surface area contributed by atoms with Crippen molar-refractivity contribution in [3.63, 3.8) is 0 Å². The fourth-order valence-corrected chi connectivity index (χ4v) is 2.89. The van der Waals surface area contributed by atoms with Crippen molar-refractivity contribution in [2.75, 3.05) is 32.8 Å². The van der Waals surface area contributed by atoms with Gasteiger partial charge in [0.05, 0.1) is 12.6 Å². The van der Waals surface area contributed by atoms with E-state index in [1.54, 1.807) is 6.20 Å². The fourth-order valence-electron chi connectivity index (χ4n) is 2.89. The average Bonchev–Trinajstić information content (AvgIpc) is 2.98. The predicted octanol–water partition coefficient (Wildman–Crippen LogP) is -0.770. The van der Waals surface area contributed by atoms with Gasteiger partial charge in [-0.05, 0) is 6.07 Å². The van der Waals surface area contributed by atoms with Crippen LogP contribution in [0.15, 0.2) is 24.4 Å². The number of ether oxygens (including phenoxy) is 1. The van der Waals surface area contributed by atoms with E-state index in [0.717, 1.165) is 19.6 Å². The van der Waals surface area contributed by atoms with Crippen molar-refractivity contribution in [1.82, 2.24) is 20.7 Å². The lowest BCUT2D eigenvalue weighted by atomic mass is 9.98. The number of β-amino-alcohol motifs (C(OH)–C–C–N with tert-alkyl or cyclic N) is 1. The van der Waals surface area contributed by atoms with Crippen LogP contribution >= 0.6 is 0 Å². The number of nitrogens with one attached hydrogen (secondary N) is 2. The first-order chi connectivity index (χ1) is 9.36. The molecule has 1 aromatic heterocycles. The number of aliphatic hydroxyl groups excluding tert-OH is 1. The highest BCUT2D eigenvalue weighted by Gasteiger charge is 2.42. The predicted molar refractivity (Wildman–Crippen MR) is 70.6 cm³/mol. The third-order valence-corrected chi connectivity index (χ3v) is 3.88. The smallest absolute Gasteiger partial charge is 0.213 e. The zero-order valence-electron chi connectivity index (χ0n) is 10.8. The van der Waals surface area contributed by atoms with Crippen LogP contribution in [0.5, 0.6) is 5.88 Å². The number of hydrogen-bond acceptors (Lipinski definition) is 6. The van der Waals surface area contributed by atoms with Gasteiger partial charge < -0.3 is 9.84 Å². The van der Waals surface area contributed by atoms with E-state index < -0.39 is 0 Å². The van der Waals surface area contributed by atoms with Crippen molar-refractivity contribution in [2.24, 2.45) is 5.92 Å². The first kappa shape index (κ1) is 12.8. The first-order valence-electron chi connectivity index (χ1n) is 6.75. The molecular formula is C13H20N4O2. The molecule has 2 aliphatic heterocycles. The summed E-state index contributed by atoms with van der Waals surface area (Å²) in [7, 11) is 0. The maximum absolute atomic E-state index is 9.00. The second kappa shape index (κ2) is 5.83. The molecule has 2 fully saturated rings. The molecule has 1 aromatic rings. The summed E-state index contributed by atoms with van der Waals surface area (Å²) in [6.45, 7) is 3.57. The second-order valence-electron chi connectivity index (χ2n) is 5.13. The lowest BCUT2D eigenvalue weighted by Gasteiger charge is -2.19. The van der Waals surface area contributed by atoms with E-state index in [2.05, 4.69) is 20.7 Å². The standard InChI is InChI=1S/C13H20N4O2/c18-6-5-17-7-10-11(8-17)15-16-12(10)9-19-13-3-1-2-4-14-13/h1-4,10-12,15-16,18H,5-9H2. The summed E-state index contributed by atoms with van der Waals surface area (Å²) in [5.74, 6) is 1.19. The Morgan fingerprint density at radius 1 is 1.37 bits per heavy atom. The molecule has 6 nitrogen and oxygen atoms in total. The number of nitrogens with zero attached hydrogens (tertiary/aromatic N) is 2. The number of likely N-dealkylation sites (tertiary alicyclic amines) is 1. The van der Waals surface area contributed by atoms with Gasteiger partial charge in [-0.25, -0.2) is 4.98 Å². The van der Waals surface area contributed by atoms with E-state index in [1.165, 1.54) is 0 Å². The second-order valence-corrected chi connectivity index (χ2v) is 5.13. The molecule has 6 heteroatoms. The lowest BCUT2D eigenvalue weighted by Crippen LogP contribution is -2.41. The Bertz CT molecular complexity index is 403. The van der Waals surface area contributed by atoms with Crippen molar-refractivity contribution in [3.8, 4) is 5.88 Å². The largest absolute Gasteiger partial charge is 0.476 e. The Kier molecular flexibility index (Phi) is 3.93. The Labute approximate surface area is 112 Å². The van der Waals surface area contributed by atoms with E-state index in [4.69, 9.17) is 9.84 Å². The minimum Gasteiger partial charge on any atom is -0.476 e. The molecule has 3 heterocycles. The fraction of sp³-hybridized carbons (Fsp3) is 0.615. The molecule has 2 aliphatic rings. The highest BCUT2D eigenvalue weighted by atomic mass is 16.5. The normalized spacial score (nSPS) is 30.5. The van der Waals surface area contributed by atoms with Crippen molar-refractivity contribution in [3.05, 3.63) is 24.4 Å².